The number of likely N-dealkylation sites (tertiary alicyclic amines) is 1. The Bertz CT molecular complexity index is 2810. The number of fused-ring (bicyclic) bond motifs is 2. The van der Waals surface area contributed by atoms with Gasteiger partial charge in [0, 0.05) is 174 Å². The lowest BCUT2D eigenvalue weighted by Crippen LogP contribution is -2.76. The van der Waals surface area contributed by atoms with Crippen molar-refractivity contribution in [3.05, 3.63) is 118 Å². The van der Waals surface area contributed by atoms with Crippen LogP contribution in [0.1, 0.15) is 182 Å². The second-order valence-electron chi connectivity index (χ2n) is 28.9. The second kappa shape index (κ2) is 35.7. The highest BCUT2D eigenvalue weighted by Gasteiger charge is 2.55. The third-order valence-corrected chi connectivity index (χ3v) is 21.8. The van der Waals surface area contributed by atoms with Crippen molar-refractivity contribution in [3.8, 4) is 0 Å². The number of hydrogen-bond acceptors (Lipinski definition) is 12. The van der Waals surface area contributed by atoms with E-state index in [2.05, 4.69) is 134 Å². The van der Waals surface area contributed by atoms with Crippen LogP contribution in [0.5, 0.6) is 0 Å². The highest BCUT2D eigenvalue weighted by Crippen LogP contribution is 2.42. The molecule has 5 unspecified atom stereocenters. The van der Waals surface area contributed by atoms with E-state index in [1.807, 2.05) is 37.5 Å². The normalized spacial score (nSPS) is 28.2. The van der Waals surface area contributed by atoms with Gasteiger partial charge in [0.2, 0.25) is 5.91 Å². The van der Waals surface area contributed by atoms with E-state index in [-0.39, 0.29) is 70.9 Å². The summed E-state index contributed by atoms with van der Waals surface area (Å²) in [4.78, 5) is 31.0. The summed E-state index contributed by atoms with van der Waals surface area (Å²) < 4.78 is 82.5. The summed E-state index contributed by atoms with van der Waals surface area (Å²) in [5.74, 6) is 1.55. The van der Waals surface area contributed by atoms with Crippen LogP contribution in [0.25, 0.3) is 0 Å². The van der Waals surface area contributed by atoms with Crippen molar-refractivity contribution in [2.24, 2.45) is 28.7 Å². The van der Waals surface area contributed by atoms with Crippen molar-refractivity contribution in [2.75, 3.05) is 66.5 Å². The number of aryl methyl sites for hydroxylation is 1. The minimum Gasteiger partial charge on any atom is -0.369 e. The Morgan fingerprint density at radius 2 is 1.47 bits per heavy atom. The highest BCUT2D eigenvalue weighted by atomic mass is 35.5. The predicted molar refractivity (Wildman–Crippen MR) is 374 cm³/mol. The number of allylic oxidation sites excluding steroid dienone is 4. The highest BCUT2D eigenvalue weighted by molar-refractivity contribution is 6.31. The van der Waals surface area contributed by atoms with Crippen molar-refractivity contribution in [1.82, 2.24) is 56.4 Å². The summed E-state index contributed by atoms with van der Waals surface area (Å²) in [5, 5.41) is 23.6. The molecule has 1 aliphatic carbocycles. The molecule has 1 saturated carbocycles. The maximum absolute atomic E-state index is 14.8. The smallest absolute Gasteiger partial charge is 0.369 e. The molecule has 0 aromatic heterocycles. The number of likely N-dealkylation sites (N-methyl/N-ethyl adjacent to an activating group) is 1. The lowest BCUT2D eigenvalue weighted by atomic mass is 9.74. The lowest BCUT2D eigenvalue weighted by Gasteiger charge is -2.60. The first-order valence-corrected chi connectivity index (χ1v) is 36.0. The molecule has 0 bridgehead atoms. The van der Waals surface area contributed by atoms with Crippen LogP contribution in [-0.2, 0) is 30.0 Å². The fourth-order valence-corrected chi connectivity index (χ4v) is 15.5. The molecule has 3 saturated heterocycles. The Balaban J connectivity index is 1.22. The van der Waals surface area contributed by atoms with E-state index < -0.39 is 23.5 Å². The van der Waals surface area contributed by atoms with Crippen molar-refractivity contribution >= 4 is 23.7 Å². The van der Waals surface area contributed by atoms with Gasteiger partial charge < -0.3 is 51.5 Å². The number of halogens is 7. The van der Waals surface area contributed by atoms with Crippen LogP contribution >= 0.6 is 11.6 Å². The lowest BCUT2D eigenvalue weighted by molar-refractivity contribution is -0.160. The predicted octanol–water partition coefficient (Wildman–Crippen LogP) is 14.0. The minimum absolute atomic E-state index is 0.0474. The fourth-order valence-electron chi connectivity index (χ4n) is 15.2. The standard InChI is InChI=1S/C74H117ClF6N12O/c1-14-51(5)67-45-86-66(31-22-50(3)4)54(8)85-46-68-69(71(94)91-39-18-19-40-91)57(11)93(68)70(52(6)15-2)55(9)88-72(33-16-17-34-72)49-83-37-36-82-35-32-61(29-25-59-26-30-64(65(75)44-59)74(79,80)81)84-38-42-89(12)47-63(43-58-23-27-60(28-24-58)73(76,77)78)90(13)48-62-21-20-41-92(62)56(10)53(7)87-67/h23-24,26-28,30,32,35,38,42,44,47-48,50-57,66-70,83-88H,14-22,25,29,31,33-34,36-37,39-41,43,45-46,49H2,1-13H3/t51-,52-,53?,54?,55?,56-,57?,66-,67+,68?,69-,70-/m0/s1. The van der Waals surface area contributed by atoms with E-state index in [1.54, 1.807) is 24.5 Å². The number of nitrogens with one attached hydrogen (secondary N) is 6. The van der Waals surface area contributed by atoms with E-state index in [4.69, 9.17) is 16.6 Å². The second-order valence-corrected chi connectivity index (χ2v) is 29.3. The molecule has 13 nitrogen and oxygen atoms in total. The molecule has 2 aromatic rings. The summed E-state index contributed by atoms with van der Waals surface area (Å²) in [6.45, 7) is 31.7. The number of aliphatic imine (C=N–C) groups is 1. The van der Waals surface area contributed by atoms with Gasteiger partial charge in [0.15, 0.2) is 0 Å². The van der Waals surface area contributed by atoms with Gasteiger partial charge in [-0.15, -0.1) is 0 Å². The van der Waals surface area contributed by atoms with Gasteiger partial charge >= 0.3 is 12.4 Å². The molecule has 12 atom stereocenters. The molecule has 5 aliphatic rings. The van der Waals surface area contributed by atoms with Crippen LogP contribution in [0.2, 0.25) is 5.02 Å². The third-order valence-electron chi connectivity index (χ3n) is 21.5. The molecule has 528 valence electrons. The number of carbonyl (C=O) groups excluding carboxylic acids is 1. The number of nitrogens with zero attached hydrogens (tertiary/aromatic N) is 6. The van der Waals surface area contributed by atoms with Crippen LogP contribution in [0, 0.1) is 23.7 Å². The number of alkyl halides is 6. The Kier molecular flexibility index (Phi) is 29.2. The van der Waals surface area contributed by atoms with Gasteiger partial charge in [-0.1, -0.05) is 97.0 Å². The SMILES string of the molecule is CC[C@H](C)[C@H]1C(C)NC2(CCCC2)CNCCN=CC=C(CCc2ccc(C(F)(F)F)c(Cl)c2)NC=CN(C)C=C(Cc2ccc(C(F)(F)F)cc2)N(C)C=C2CCCN2[C@@H](C)C(C)N[C@@H]([C@@H](C)CC)CN[C@@H](CCC(C)C)C(C)NCC2[C@@H](C(=O)N3CCCC3)C(C)N21. The first kappa shape index (κ1) is 76.7. The number of hydrogen-bond donors (Lipinski definition) is 6. The van der Waals surface area contributed by atoms with E-state index >= 15 is 0 Å². The van der Waals surface area contributed by atoms with E-state index in [9.17, 15) is 31.1 Å². The molecule has 94 heavy (non-hydrogen) atoms. The summed E-state index contributed by atoms with van der Waals surface area (Å²) in [7, 11) is 3.90. The Labute approximate surface area is 566 Å². The zero-order chi connectivity index (χ0) is 68.5. The largest absolute Gasteiger partial charge is 0.417 e. The van der Waals surface area contributed by atoms with Gasteiger partial charge in [0.1, 0.15) is 0 Å². The summed E-state index contributed by atoms with van der Waals surface area (Å²) in [5.41, 5.74) is 2.53. The Morgan fingerprint density at radius 1 is 0.777 bits per heavy atom. The molecular weight excluding hydrogens is 1220 g/mol. The maximum atomic E-state index is 14.8. The van der Waals surface area contributed by atoms with Gasteiger partial charge in [0.05, 0.1) is 28.6 Å². The van der Waals surface area contributed by atoms with Crippen LogP contribution in [0.4, 0.5) is 26.3 Å². The van der Waals surface area contributed by atoms with Crippen molar-refractivity contribution < 1.29 is 31.1 Å². The summed E-state index contributed by atoms with van der Waals surface area (Å²) >= 11 is 6.18. The molecule has 0 radical (unpaired) electrons. The summed E-state index contributed by atoms with van der Waals surface area (Å²) in [6, 6.07) is 10.5. The van der Waals surface area contributed by atoms with Crippen LogP contribution < -0.4 is 31.9 Å². The zero-order valence-electron chi connectivity index (χ0n) is 59.0. The Morgan fingerprint density at radius 3 is 2.12 bits per heavy atom. The maximum Gasteiger partial charge on any atom is 0.417 e. The van der Waals surface area contributed by atoms with Crippen LogP contribution in [0.3, 0.4) is 0 Å². The molecule has 2 aromatic carbocycles. The monoisotopic (exact) mass is 1340 g/mol. The molecule has 4 fully saturated rings. The van der Waals surface area contributed by atoms with E-state index in [0.29, 0.717) is 61.6 Å². The van der Waals surface area contributed by atoms with Gasteiger partial charge in [-0.2, -0.15) is 26.3 Å². The molecule has 1 spiro atoms. The average molecular weight is 1340 g/mol. The minimum atomic E-state index is -4.57. The number of carbonyl (C=O) groups is 1. The molecule has 6 N–H and O–H groups in total. The van der Waals surface area contributed by atoms with Gasteiger partial charge in [-0.25, -0.2) is 0 Å². The Hall–Kier alpha value is -4.63. The number of amides is 1. The van der Waals surface area contributed by atoms with E-state index in [0.717, 1.165) is 151 Å². The number of benzene rings is 2. The molecule has 7 rings (SSSR count). The molecule has 4 heterocycles. The van der Waals surface area contributed by atoms with Gasteiger partial charge in [-0.05, 0) is 158 Å². The van der Waals surface area contributed by atoms with Crippen LogP contribution in [-0.4, -0.2) is 163 Å². The van der Waals surface area contributed by atoms with Gasteiger partial charge in [-0.3, -0.25) is 14.7 Å². The fraction of sp³-hybridized carbons (Fsp3) is 0.703. The number of rotatable bonds is 13. The van der Waals surface area contributed by atoms with E-state index in [1.165, 1.54) is 17.8 Å². The van der Waals surface area contributed by atoms with Crippen LogP contribution in [0.15, 0.2) is 95.4 Å². The molecule has 1 amide bonds. The van der Waals surface area contributed by atoms with Crippen molar-refractivity contribution in [1.29, 1.82) is 0 Å². The molecule has 20 heteroatoms. The van der Waals surface area contributed by atoms with Crippen molar-refractivity contribution in [3.63, 3.8) is 0 Å². The third kappa shape index (κ3) is 21.4. The van der Waals surface area contributed by atoms with Crippen molar-refractivity contribution in [2.45, 2.75) is 245 Å². The first-order chi connectivity index (χ1) is 44.6. The average Bonchev–Trinajstić information content (AvgIpc) is 0.879. The molecule has 4 aliphatic heterocycles. The zero-order valence-corrected chi connectivity index (χ0v) is 59.8. The first-order valence-electron chi connectivity index (χ1n) is 35.7. The quantitative estimate of drug-likeness (QED) is 0.108. The topological polar surface area (TPSA) is 118 Å². The van der Waals surface area contributed by atoms with Gasteiger partial charge in [0.25, 0.3) is 0 Å². The summed E-state index contributed by atoms with van der Waals surface area (Å²) in [6.07, 6.45) is 16.3. The molecular formula is C74H117ClF6N12O.